The highest BCUT2D eigenvalue weighted by atomic mass is 16.2. The Bertz CT molecular complexity index is 381. The molecule has 1 aliphatic rings. The number of carbonyl (C=O) groups is 1. The van der Waals surface area contributed by atoms with E-state index in [4.69, 9.17) is 5.73 Å². The highest BCUT2D eigenvalue weighted by Gasteiger charge is 2.29. The number of likely N-dealkylation sites (tertiary alicyclic amines) is 1. The zero-order valence-electron chi connectivity index (χ0n) is 10.0. The van der Waals surface area contributed by atoms with Gasteiger partial charge in [-0.25, -0.2) is 9.97 Å². The number of piperidine rings is 1. The standard InChI is InChI=1S/C12H18N4O/c1-9-2-3-16(11(4-9)5-13)12(17)10-6-14-8-15-7-10/h6-9,11H,2-5,13H2,1H3. The molecule has 5 nitrogen and oxygen atoms in total. The van der Waals surface area contributed by atoms with Crippen LogP contribution in [0.3, 0.4) is 0 Å². The van der Waals surface area contributed by atoms with Crippen LogP contribution in [-0.2, 0) is 0 Å². The van der Waals surface area contributed by atoms with Crippen molar-refractivity contribution in [3.8, 4) is 0 Å². The molecule has 2 atom stereocenters. The molecule has 0 saturated carbocycles. The minimum atomic E-state index is -0.00653. The van der Waals surface area contributed by atoms with Crippen LogP contribution in [0.25, 0.3) is 0 Å². The lowest BCUT2D eigenvalue weighted by Gasteiger charge is -2.37. The number of hydrogen-bond donors (Lipinski definition) is 1. The van der Waals surface area contributed by atoms with E-state index in [9.17, 15) is 4.79 Å². The minimum absolute atomic E-state index is 0.00653. The quantitative estimate of drug-likeness (QED) is 0.816. The monoisotopic (exact) mass is 234 g/mol. The molecule has 1 aromatic rings. The summed E-state index contributed by atoms with van der Waals surface area (Å²) in [6, 6.07) is 0.145. The van der Waals surface area contributed by atoms with Crippen LogP contribution in [0.4, 0.5) is 0 Å². The summed E-state index contributed by atoms with van der Waals surface area (Å²) in [4.78, 5) is 21.9. The van der Waals surface area contributed by atoms with Crippen molar-refractivity contribution in [3.05, 3.63) is 24.3 Å². The predicted molar refractivity (Wildman–Crippen MR) is 64.3 cm³/mol. The van der Waals surface area contributed by atoms with Crippen molar-refractivity contribution in [2.45, 2.75) is 25.8 Å². The van der Waals surface area contributed by atoms with E-state index in [1.165, 1.54) is 6.33 Å². The van der Waals surface area contributed by atoms with Crippen molar-refractivity contribution in [2.75, 3.05) is 13.1 Å². The summed E-state index contributed by atoms with van der Waals surface area (Å²) in [7, 11) is 0. The van der Waals surface area contributed by atoms with E-state index < -0.39 is 0 Å². The van der Waals surface area contributed by atoms with Gasteiger partial charge in [0.2, 0.25) is 0 Å². The van der Waals surface area contributed by atoms with E-state index in [-0.39, 0.29) is 11.9 Å². The van der Waals surface area contributed by atoms with Crippen molar-refractivity contribution in [1.29, 1.82) is 0 Å². The van der Waals surface area contributed by atoms with E-state index in [1.807, 2.05) is 4.90 Å². The number of carbonyl (C=O) groups excluding carboxylic acids is 1. The van der Waals surface area contributed by atoms with Crippen LogP contribution in [0.15, 0.2) is 18.7 Å². The molecule has 0 bridgehead atoms. The Morgan fingerprint density at radius 2 is 2.24 bits per heavy atom. The van der Waals surface area contributed by atoms with Gasteiger partial charge in [-0.1, -0.05) is 6.92 Å². The first-order chi connectivity index (χ1) is 8.22. The molecule has 2 heterocycles. The third kappa shape index (κ3) is 2.61. The largest absolute Gasteiger partial charge is 0.334 e. The second-order valence-corrected chi connectivity index (χ2v) is 4.64. The van der Waals surface area contributed by atoms with Crippen molar-refractivity contribution in [1.82, 2.24) is 14.9 Å². The van der Waals surface area contributed by atoms with E-state index in [0.717, 1.165) is 19.4 Å². The molecule has 0 aliphatic carbocycles. The third-order valence-electron chi connectivity index (χ3n) is 3.32. The SMILES string of the molecule is CC1CCN(C(=O)c2cncnc2)C(CN)C1. The lowest BCUT2D eigenvalue weighted by Crippen LogP contribution is -2.49. The maximum atomic E-state index is 12.3. The van der Waals surface area contributed by atoms with Gasteiger partial charge < -0.3 is 10.6 Å². The molecule has 2 unspecified atom stereocenters. The normalized spacial score (nSPS) is 24.7. The van der Waals surface area contributed by atoms with Gasteiger partial charge >= 0.3 is 0 Å². The maximum Gasteiger partial charge on any atom is 0.257 e. The fourth-order valence-corrected chi connectivity index (χ4v) is 2.32. The summed E-state index contributed by atoms with van der Waals surface area (Å²) in [5, 5.41) is 0. The molecule has 1 saturated heterocycles. The lowest BCUT2D eigenvalue weighted by atomic mass is 9.92. The van der Waals surface area contributed by atoms with Crippen molar-refractivity contribution in [2.24, 2.45) is 11.7 Å². The molecule has 17 heavy (non-hydrogen) atoms. The van der Waals surface area contributed by atoms with Crippen molar-refractivity contribution in [3.63, 3.8) is 0 Å². The van der Waals surface area contributed by atoms with Crippen LogP contribution >= 0.6 is 0 Å². The molecule has 2 N–H and O–H groups in total. The van der Waals surface area contributed by atoms with Gasteiger partial charge in [0.05, 0.1) is 5.56 Å². The number of nitrogens with zero attached hydrogens (tertiary/aromatic N) is 3. The molecule has 1 aliphatic heterocycles. The van der Waals surface area contributed by atoms with Gasteiger partial charge in [0, 0.05) is 31.5 Å². The van der Waals surface area contributed by atoms with Crippen molar-refractivity contribution < 1.29 is 4.79 Å². The van der Waals surface area contributed by atoms with Crippen molar-refractivity contribution >= 4 is 5.91 Å². The molecule has 1 amide bonds. The second kappa shape index (κ2) is 5.23. The molecule has 0 radical (unpaired) electrons. The summed E-state index contributed by atoms with van der Waals surface area (Å²) >= 11 is 0. The van der Waals surface area contributed by atoms with E-state index in [2.05, 4.69) is 16.9 Å². The fourth-order valence-electron chi connectivity index (χ4n) is 2.32. The molecule has 0 aromatic carbocycles. The molecule has 5 heteroatoms. The first kappa shape index (κ1) is 12.0. The van der Waals surface area contributed by atoms with Crippen LogP contribution < -0.4 is 5.73 Å². The van der Waals surface area contributed by atoms with Gasteiger partial charge in [-0.15, -0.1) is 0 Å². The average Bonchev–Trinajstić information content (AvgIpc) is 2.39. The predicted octanol–water partition coefficient (Wildman–Crippen LogP) is 0.676. The highest BCUT2D eigenvalue weighted by Crippen LogP contribution is 2.23. The maximum absolute atomic E-state index is 12.3. The second-order valence-electron chi connectivity index (χ2n) is 4.64. The highest BCUT2D eigenvalue weighted by molar-refractivity contribution is 5.93. The summed E-state index contributed by atoms with van der Waals surface area (Å²) < 4.78 is 0. The number of nitrogens with two attached hydrogens (primary N) is 1. The van der Waals surface area contributed by atoms with Crippen LogP contribution in [0.1, 0.15) is 30.1 Å². The molecule has 2 rings (SSSR count). The lowest BCUT2D eigenvalue weighted by molar-refractivity contribution is 0.0573. The third-order valence-corrected chi connectivity index (χ3v) is 3.32. The van der Waals surface area contributed by atoms with Gasteiger partial charge in [-0.05, 0) is 18.8 Å². The Morgan fingerprint density at radius 3 is 2.88 bits per heavy atom. The Morgan fingerprint density at radius 1 is 1.53 bits per heavy atom. The Kier molecular flexibility index (Phi) is 3.68. The fraction of sp³-hybridized carbons (Fsp3) is 0.583. The van der Waals surface area contributed by atoms with Gasteiger partial charge in [-0.3, -0.25) is 4.79 Å². The summed E-state index contributed by atoms with van der Waals surface area (Å²) in [6.07, 6.45) is 6.56. The number of hydrogen-bond acceptors (Lipinski definition) is 4. The molecule has 92 valence electrons. The van der Waals surface area contributed by atoms with Crippen LogP contribution in [-0.4, -0.2) is 39.9 Å². The van der Waals surface area contributed by atoms with Crippen LogP contribution in [0, 0.1) is 5.92 Å². The zero-order chi connectivity index (χ0) is 12.3. The zero-order valence-corrected chi connectivity index (χ0v) is 10.0. The smallest absolute Gasteiger partial charge is 0.257 e. The number of rotatable bonds is 2. The van der Waals surface area contributed by atoms with Gasteiger partial charge in [0.1, 0.15) is 6.33 Å². The van der Waals surface area contributed by atoms with Crippen LogP contribution in [0.2, 0.25) is 0 Å². The first-order valence-electron chi connectivity index (χ1n) is 5.98. The summed E-state index contributed by atoms with van der Waals surface area (Å²) in [5.41, 5.74) is 6.29. The average molecular weight is 234 g/mol. The first-order valence-corrected chi connectivity index (χ1v) is 5.98. The molecule has 0 spiro atoms. The Hall–Kier alpha value is -1.49. The van der Waals surface area contributed by atoms with Gasteiger partial charge in [0.25, 0.3) is 5.91 Å². The molecule has 1 aromatic heterocycles. The minimum Gasteiger partial charge on any atom is -0.334 e. The van der Waals surface area contributed by atoms with Crippen LogP contribution in [0.5, 0.6) is 0 Å². The number of amides is 1. The van der Waals surface area contributed by atoms with E-state index >= 15 is 0 Å². The van der Waals surface area contributed by atoms with Gasteiger partial charge in [0.15, 0.2) is 0 Å². The topological polar surface area (TPSA) is 72.1 Å². The van der Waals surface area contributed by atoms with E-state index in [1.54, 1.807) is 12.4 Å². The Labute approximate surface area is 101 Å². The molecular formula is C12H18N4O. The Balaban J connectivity index is 2.13. The van der Waals surface area contributed by atoms with Gasteiger partial charge in [-0.2, -0.15) is 0 Å². The van der Waals surface area contributed by atoms with E-state index in [0.29, 0.717) is 18.0 Å². The summed E-state index contributed by atoms with van der Waals surface area (Å²) in [6.45, 7) is 3.50. The summed E-state index contributed by atoms with van der Waals surface area (Å²) in [5.74, 6) is 0.632. The number of aromatic nitrogens is 2. The molecule has 1 fully saturated rings. The molecular weight excluding hydrogens is 216 g/mol.